The maximum Gasteiger partial charge on any atom is 0.252 e. The molecule has 446 valence electrons. The number of unbranched alkanes of at least 4 members (excludes halogenated alkanes) is 3. The molecule has 0 saturated heterocycles. The van der Waals surface area contributed by atoms with Crippen molar-refractivity contribution < 1.29 is 57.2 Å². The Kier molecular flexibility index (Phi) is 19.6. The molecular weight excluding hydrogens is 1090 g/mol. The molecule has 6 aromatic carbocycles. The number of fused-ring (bicyclic) bond motifs is 3. The molecule has 6 aromatic rings. The molecule has 0 aromatic heterocycles. The molecule has 0 spiro atoms. The number of amides is 3. The van der Waals surface area contributed by atoms with Crippen LogP contribution in [0.3, 0.4) is 0 Å². The van der Waals surface area contributed by atoms with Crippen molar-refractivity contribution in [2.75, 3.05) is 55.4 Å². The van der Waals surface area contributed by atoms with Crippen LogP contribution in [0.5, 0.6) is 34.5 Å². The second-order valence-electron chi connectivity index (χ2n) is 21.5. The first-order valence-corrected chi connectivity index (χ1v) is 28.6. The zero-order chi connectivity index (χ0) is 60.1. The molecule has 0 aliphatic carbocycles. The Hall–Kier alpha value is -8.70. The van der Waals surface area contributed by atoms with E-state index in [0.29, 0.717) is 110 Å². The van der Waals surface area contributed by atoms with E-state index in [4.69, 9.17) is 62.8 Å². The first kappa shape index (κ1) is 60.9. The van der Waals surface area contributed by atoms with Crippen molar-refractivity contribution in [2.24, 2.45) is 34.4 Å². The summed E-state index contributed by atoms with van der Waals surface area (Å²) in [5.41, 5.74) is 35.0. The van der Waals surface area contributed by atoms with E-state index in [1.807, 2.05) is 36.4 Å². The second kappa shape index (κ2) is 27.3. The van der Waals surface area contributed by atoms with Crippen molar-refractivity contribution in [1.29, 1.82) is 0 Å². The van der Waals surface area contributed by atoms with Crippen molar-refractivity contribution in [3.8, 4) is 34.5 Å². The van der Waals surface area contributed by atoms with Crippen LogP contribution in [0.25, 0.3) is 0 Å². The van der Waals surface area contributed by atoms with Gasteiger partial charge in [0.25, 0.3) is 17.7 Å². The number of nitrogens with two attached hydrogens (primary N) is 6. The lowest BCUT2D eigenvalue weighted by molar-refractivity contribution is -0.141. The van der Waals surface area contributed by atoms with Crippen LogP contribution >= 0.6 is 0 Å². The molecule has 3 aliphatic rings. The standard InChI is InChI=1S/C64H73N9O12/c65-34-10-7-31-62(68,56(74)52-37-80-46-13-1-4-16-49(46)83-52)59(77)71-43-25-19-40(20-26-43)55(41-21-27-44(28-22-41)72-60(78)63(69,32-8-11-35-66)57(75)53-38-81-47-14-2-5-17-50(47)84-53)42-23-29-45(30-24-42)73-61(79)64(70,33-9-12-36-67)58(76)54-39-82-48-15-3-6-18-51(48)85-54/h1-6,13-30,52-55H,7-12,31-39,65-70H2,(H,71,77)(H,72,78)(H,73,79)/t52?,53?,54?,55?,62-,63-,64-/m0/s1. The van der Waals surface area contributed by atoms with Crippen LogP contribution in [0, 0.1) is 0 Å². The highest BCUT2D eigenvalue weighted by Gasteiger charge is 2.50. The van der Waals surface area contributed by atoms with Gasteiger partial charge in [-0.1, -0.05) is 72.8 Å². The summed E-state index contributed by atoms with van der Waals surface area (Å²) in [6.07, 6.45) is -0.717. The number of rotatable bonds is 27. The zero-order valence-corrected chi connectivity index (χ0v) is 47.1. The predicted molar refractivity (Wildman–Crippen MR) is 320 cm³/mol. The number of anilines is 3. The Labute approximate surface area is 492 Å². The fourth-order valence-electron chi connectivity index (χ4n) is 10.6. The van der Waals surface area contributed by atoms with Gasteiger partial charge in [0.05, 0.1) is 0 Å². The van der Waals surface area contributed by atoms with Crippen molar-refractivity contribution in [3.63, 3.8) is 0 Å². The number of hydrogen-bond donors (Lipinski definition) is 9. The van der Waals surface area contributed by atoms with Gasteiger partial charge >= 0.3 is 0 Å². The van der Waals surface area contributed by atoms with Gasteiger partial charge < -0.3 is 78.8 Å². The van der Waals surface area contributed by atoms with Crippen LogP contribution < -0.4 is 78.8 Å². The summed E-state index contributed by atoms with van der Waals surface area (Å²) in [7, 11) is 0. The minimum atomic E-state index is -2.01. The lowest BCUT2D eigenvalue weighted by atomic mass is 9.84. The molecule has 85 heavy (non-hydrogen) atoms. The van der Waals surface area contributed by atoms with E-state index in [0.717, 1.165) is 16.7 Å². The summed E-state index contributed by atoms with van der Waals surface area (Å²) in [6.45, 7) is 0.598. The number of para-hydroxylation sites is 6. The topological polar surface area (TPSA) is 350 Å². The van der Waals surface area contributed by atoms with E-state index in [9.17, 15) is 28.8 Å². The van der Waals surface area contributed by atoms with Gasteiger partial charge in [0, 0.05) is 23.0 Å². The smallest absolute Gasteiger partial charge is 0.252 e. The van der Waals surface area contributed by atoms with Gasteiger partial charge in [-0.3, -0.25) is 28.8 Å². The fourth-order valence-corrected chi connectivity index (χ4v) is 10.6. The molecule has 15 N–H and O–H groups in total. The van der Waals surface area contributed by atoms with Gasteiger partial charge in [0.2, 0.25) is 17.3 Å². The number of hydrogen-bond acceptors (Lipinski definition) is 18. The molecule has 0 fully saturated rings. The van der Waals surface area contributed by atoms with E-state index in [-0.39, 0.29) is 39.1 Å². The first-order chi connectivity index (χ1) is 41.1. The van der Waals surface area contributed by atoms with Crippen molar-refractivity contribution in [3.05, 3.63) is 162 Å². The van der Waals surface area contributed by atoms with Crippen LogP contribution in [0.2, 0.25) is 0 Å². The predicted octanol–water partition coefficient (Wildman–Crippen LogP) is 5.39. The van der Waals surface area contributed by atoms with E-state index in [1.165, 1.54) is 0 Å². The van der Waals surface area contributed by atoms with Crippen LogP contribution in [0.4, 0.5) is 17.1 Å². The van der Waals surface area contributed by atoms with Gasteiger partial charge in [-0.05, 0) is 167 Å². The van der Waals surface area contributed by atoms with E-state index >= 15 is 0 Å². The number of carbonyl (C=O) groups is 6. The lowest BCUT2D eigenvalue weighted by Crippen LogP contribution is -2.62. The highest BCUT2D eigenvalue weighted by atomic mass is 16.6. The molecule has 0 bridgehead atoms. The number of nitrogens with one attached hydrogen (secondary N) is 3. The second-order valence-corrected chi connectivity index (χ2v) is 21.5. The molecule has 3 heterocycles. The van der Waals surface area contributed by atoms with Gasteiger partial charge in [0.15, 0.2) is 69.4 Å². The number of benzene rings is 6. The quantitative estimate of drug-likeness (QED) is 0.0177. The Bertz CT molecular complexity index is 3000. The van der Waals surface area contributed by atoms with Crippen LogP contribution in [0.15, 0.2) is 146 Å². The maximum atomic E-state index is 14.3. The molecule has 0 radical (unpaired) electrons. The fraction of sp³-hybridized carbons (Fsp3) is 0.344. The summed E-state index contributed by atoms with van der Waals surface area (Å²) in [4.78, 5) is 85.5. The number of ketones is 3. The van der Waals surface area contributed by atoms with Crippen LogP contribution in [-0.2, 0) is 28.8 Å². The summed E-state index contributed by atoms with van der Waals surface area (Å²) >= 11 is 0. The average molecular weight is 1160 g/mol. The minimum Gasteiger partial charge on any atom is -0.485 e. The lowest BCUT2D eigenvalue weighted by Gasteiger charge is -2.33. The summed E-state index contributed by atoms with van der Waals surface area (Å²) in [6, 6.07) is 41.8. The van der Waals surface area contributed by atoms with Gasteiger partial charge in [-0.2, -0.15) is 0 Å². The Morgan fingerprint density at radius 2 is 0.624 bits per heavy atom. The third-order valence-electron chi connectivity index (χ3n) is 15.5. The van der Waals surface area contributed by atoms with Crippen LogP contribution in [0.1, 0.15) is 80.4 Å². The van der Waals surface area contributed by atoms with Gasteiger partial charge in [-0.15, -0.1) is 0 Å². The molecule has 3 amide bonds. The third kappa shape index (κ3) is 13.8. The van der Waals surface area contributed by atoms with Crippen molar-refractivity contribution in [1.82, 2.24) is 0 Å². The molecule has 3 unspecified atom stereocenters. The molecular formula is C64H73N9O12. The Balaban J connectivity index is 0.979. The molecule has 6 atom stereocenters. The molecule has 21 nitrogen and oxygen atoms in total. The Morgan fingerprint density at radius 3 is 0.871 bits per heavy atom. The summed E-state index contributed by atoms with van der Waals surface area (Å²) in [5, 5.41) is 8.59. The number of ether oxygens (including phenoxy) is 6. The molecule has 3 aliphatic heterocycles. The van der Waals surface area contributed by atoms with Crippen LogP contribution in [-0.4, -0.2) is 109 Å². The van der Waals surface area contributed by atoms with E-state index < -0.39 is 75.9 Å². The van der Waals surface area contributed by atoms with Gasteiger partial charge in [-0.25, -0.2) is 0 Å². The van der Waals surface area contributed by atoms with Crippen molar-refractivity contribution in [2.45, 2.75) is 98.6 Å². The maximum absolute atomic E-state index is 14.3. The minimum absolute atomic E-state index is 0.00498. The largest absolute Gasteiger partial charge is 0.485 e. The molecule has 0 saturated carbocycles. The number of Topliss-reactive ketones (excluding diaryl/α,β-unsaturated/α-hetero) is 3. The Morgan fingerprint density at radius 1 is 0.376 bits per heavy atom. The van der Waals surface area contributed by atoms with Gasteiger partial charge in [0.1, 0.15) is 19.8 Å². The first-order valence-electron chi connectivity index (χ1n) is 28.6. The number of carbonyl (C=O) groups excluding carboxylic acids is 6. The summed E-state index contributed by atoms with van der Waals surface area (Å²) in [5.74, 6) is -2.18. The molecule has 9 rings (SSSR count). The average Bonchev–Trinajstić information content (AvgIpc) is 3.60. The molecule has 21 heteroatoms. The van der Waals surface area contributed by atoms with Crippen molar-refractivity contribution >= 4 is 52.1 Å². The highest BCUT2D eigenvalue weighted by molar-refractivity contribution is 6.18. The normalized spacial score (nSPS) is 18.2. The summed E-state index contributed by atoms with van der Waals surface area (Å²) < 4.78 is 35.5. The van der Waals surface area contributed by atoms with E-state index in [2.05, 4.69) is 16.0 Å². The third-order valence-corrected chi connectivity index (χ3v) is 15.5. The highest BCUT2D eigenvalue weighted by Crippen LogP contribution is 2.38. The zero-order valence-electron chi connectivity index (χ0n) is 47.1. The van der Waals surface area contributed by atoms with E-state index in [1.54, 1.807) is 109 Å². The monoisotopic (exact) mass is 1160 g/mol. The SMILES string of the molecule is NCCCC[C@@](N)(C(=O)Nc1ccc(C(c2ccc(NC(=O)[C@](N)(CCCCN)C(=O)C3COc4ccccc4O3)cc2)c2ccc(NC(=O)[C@](N)(CCCCN)C(=O)C3COc4ccccc4O3)cc2)cc1)C(=O)C1COc2ccccc2O1.